The van der Waals surface area contributed by atoms with Gasteiger partial charge in [-0.25, -0.2) is 4.68 Å². The fourth-order valence-corrected chi connectivity index (χ4v) is 1.59. The second-order valence-corrected chi connectivity index (χ2v) is 4.14. The summed E-state index contributed by atoms with van der Waals surface area (Å²) in [5.41, 5.74) is 0. The number of furan rings is 1. The SMILES string of the molecule is Cn1nc(-c2ccc([N+](=O)[O-])o2)nc1NC(=O)CCCl. The number of rotatable bonds is 5. The molecule has 20 heavy (non-hydrogen) atoms. The van der Waals surface area contributed by atoms with Gasteiger partial charge in [0.2, 0.25) is 17.7 Å². The topological polar surface area (TPSA) is 116 Å². The normalized spacial score (nSPS) is 10.5. The van der Waals surface area contributed by atoms with Gasteiger partial charge >= 0.3 is 5.88 Å². The first-order valence-electron chi connectivity index (χ1n) is 5.52. The van der Waals surface area contributed by atoms with Gasteiger partial charge in [-0.2, -0.15) is 4.98 Å². The van der Waals surface area contributed by atoms with Crippen LogP contribution in [0.2, 0.25) is 0 Å². The molecule has 0 aliphatic rings. The monoisotopic (exact) mass is 299 g/mol. The van der Waals surface area contributed by atoms with E-state index in [9.17, 15) is 14.9 Å². The number of carbonyl (C=O) groups is 1. The minimum atomic E-state index is -0.657. The molecule has 2 heterocycles. The summed E-state index contributed by atoms with van der Waals surface area (Å²) in [6.07, 6.45) is 0.149. The largest absolute Gasteiger partial charge is 0.433 e. The van der Waals surface area contributed by atoms with E-state index in [0.717, 1.165) is 0 Å². The van der Waals surface area contributed by atoms with E-state index < -0.39 is 10.8 Å². The zero-order valence-corrected chi connectivity index (χ0v) is 11.1. The lowest BCUT2D eigenvalue weighted by Gasteiger charge is -2.00. The van der Waals surface area contributed by atoms with Gasteiger partial charge in [-0.3, -0.25) is 20.2 Å². The molecule has 106 valence electrons. The van der Waals surface area contributed by atoms with E-state index in [4.69, 9.17) is 16.0 Å². The van der Waals surface area contributed by atoms with Crippen LogP contribution in [0.4, 0.5) is 11.8 Å². The Balaban J connectivity index is 2.21. The van der Waals surface area contributed by atoms with Gasteiger partial charge in [0.05, 0.1) is 6.07 Å². The fourth-order valence-electron chi connectivity index (χ4n) is 1.42. The minimum Gasteiger partial charge on any atom is -0.397 e. The third-order valence-electron chi connectivity index (χ3n) is 2.33. The van der Waals surface area contributed by atoms with Crippen molar-refractivity contribution in [3.05, 3.63) is 22.2 Å². The summed E-state index contributed by atoms with van der Waals surface area (Å²) in [4.78, 5) is 25.3. The number of halogens is 1. The van der Waals surface area contributed by atoms with Crippen molar-refractivity contribution in [3.63, 3.8) is 0 Å². The fraction of sp³-hybridized carbons (Fsp3) is 0.300. The number of amides is 1. The van der Waals surface area contributed by atoms with Crippen LogP contribution in [0.25, 0.3) is 11.6 Å². The molecule has 2 aromatic rings. The molecule has 0 saturated carbocycles. The first kappa shape index (κ1) is 14.0. The summed E-state index contributed by atoms with van der Waals surface area (Å²) in [6, 6.07) is 2.59. The van der Waals surface area contributed by atoms with Crippen LogP contribution in [-0.4, -0.2) is 31.5 Å². The standard InChI is InChI=1S/C10H10ClN5O4/c1-15-10(12-7(17)4-5-11)13-9(14-15)6-2-3-8(20-6)16(18)19/h2-3H,4-5H2,1H3,(H,12,13,14,17). The Hall–Kier alpha value is -2.42. The van der Waals surface area contributed by atoms with Crippen molar-refractivity contribution in [3.8, 4) is 11.6 Å². The van der Waals surface area contributed by atoms with Gasteiger partial charge in [0.1, 0.15) is 4.92 Å². The van der Waals surface area contributed by atoms with Crippen LogP contribution < -0.4 is 5.32 Å². The number of carbonyl (C=O) groups excluding carboxylic acids is 1. The average molecular weight is 300 g/mol. The Morgan fingerprint density at radius 1 is 1.60 bits per heavy atom. The first-order chi connectivity index (χ1) is 9.51. The molecule has 2 rings (SSSR count). The molecule has 0 fully saturated rings. The molecule has 1 N–H and O–H groups in total. The highest BCUT2D eigenvalue weighted by atomic mass is 35.5. The molecule has 0 atom stereocenters. The average Bonchev–Trinajstić information content (AvgIpc) is 2.97. The van der Waals surface area contributed by atoms with E-state index in [2.05, 4.69) is 15.4 Å². The van der Waals surface area contributed by atoms with Crippen LogP contribution in [-0.2, 0) is 11.8 Å². The highest BCUT2D eigenvalue weighted by molar-refractivity contribution is 6.19. The summed E-state index contributed by atoms with van der Waals surface area (Å²) in [5, 5.41) is 17.1. The van der Waals surface area contributed by atoms with Crippen molar-refractivity contribution < 1.29 is 14.1 Å². The zero-order chi connectivity index (χ0) is 14.7. The Bertz CT molecular complexity index is 650. The first-order valence-corrected chi connectivity index (χ1v) is 6.06. The van der Waals surface area contributed by atoms with E-state index in [0.29, 0.717) is 0 Å². The number of anilines is 1. The number of nitrogens with zero attached hydrogens (tertiary/aromatic N) is 4. The van der Waals surface area contributed by atoms with E-state index in [1.807, 2.05) is 0 Å². The summed E-state index contributed by atoms with van der Waals surface area (Å²) in [7, 11) is 1.57. The van der Waals surface area contributed by atoms with Crippen LogP contribution in [0, 0.1) is 10.1 Å². The number of hydrogen-bond acceptors (Lipinski definition) is 6. The number of aryl methyl sites for hydroxylation is 1. The molecule has 0 saturated heterocycles. The second-order valence-electron chi connectivity index (χ2n) is 3.76. The number of nitro groups is 1. The maximum absolute atomic E-state index is 11.4. The van der Waals surface area contributed by atoms with Gasteiger partial charge in [0, 0.05) is 19.3 Å². The lowest BCUT2D eigenvalue weighted by atomic mass is 10.4. The Morgan fingerprint density at radius 3 is 2.95 bits per heavy atom. The Labute approximate surface area is 117 Å². The molecule has 2 aromatic heterocycles. The van der Waals surface area contributed by atoms with Crippen molar-refractivity contribution in [1.29, 1.82) is 0 Å². The van der Waals surface area contributed by atoms with E-state index in [1.54, 1.807) is 7.05 Å². The number of aromatic nitrogens is 3. The number of hydrogen-bond donors (Lipinski definition) is 1. The molecule has 0 aliphatic carbocycles. The van der Waals surface area contributed by atoms with Gasteiger partial charge in [0.15, 0.2) is 5.76 Å². The van der Waals surface area contributed by atoms with Gasteiger partial charge < -0.3 is 4.42 Å². The lowest BCUT2D eigenvalue weighted by Crippen LogP contribution is -2.15. The highest BCUT2D eigenvalue weighted by Crippen LogP contribution is 2.24. The highest BCUT2D eigenvalue weighted by Gasteiger charge is 2.18. The number of nitrogens with one attached hydrogen (secondary N) is 1. The molecule has 1 amide bonds. The summed E-state index contributed by atoms with van der Waals surface area (Å²) < 4.78 is 6.31. The van der Waals surface area contributed by atoms with E-state index >= 15 is 0 Å². The Morgan fingerprint density at radius 2 is 2.35 bits per heavy atom. The maximum Gasteiger partial charge on any atom is 0.433 e. The van der Waals surface area contributed by atoms with Gasteiger partial charge in [-0.1, -0.05) is 0 Å². The molecule has 10 heteroatoms. The van der Waals surface area contributed by atoms with Crippen LogP contribution in [0.15, 0.2) is 16.5 Å². The van der Waals surface area contributed by atoms with E-state index in [-0.39, 0.29) is 35.7 Å². The molecule has 0 bridgehead atoms. The minimum absolute atomic E-state index is 0.141. The molecule has 0 aliphatic heterocycles. The van der Waals surface area contributed by atoms with Crippen molar-refractivity contribution in [2.45, 2.75) is 6.42 Å². The predicted molar refractivity (Wildman–Crippen MR) is 69.3 cm³/mol. The van der Waals surface area contributed by atoms with Crippen molar-refractivity contribution in [1.82, 2.24) is 14.8 Å². The Kier molecular flexibility index (Phi) is 3.99. The van der Waals surface area contributed by atoms with Gasteiger partial charge in [0.25, 0.3) is 0 Å². The third-order valence-corrected chi connectivity index (χ3v) is 2.52. The van der Waals surface area contributed by atoms with Gasteiger partial charge in [-0.15, -0.1) is 16.7 Å². The van der Waals surface area contributed by atoms with Crippen LogP contribution in [0.5, 0.6) is 0 Å². The summed E-state index contributed by atoms with van der Waals surface area (Å²) >= 11 is 5.45. The van der Waals surface area contributed by atoms with Crippen LogP contribution in [0.3, 0.4) is 0 Å². The maximum atomic E-state index is 11.4. The molecular formula is C10H10ClN5O4. The molecule has 0 spiro atoms. The molecule has 0 unspecified atom stereocenters. The van der Waals surface area contributed by atoms with Crippen LogP contribution >= 0.6 is 11.6 Å². The summed E-state index contributed by atoms with van der Waals surface area (Å²) in [6.45, 7) is 0. The lowest BCUT2D eigenvalue weighted by molar-refractivity contribution is -0.401. The number of alkyl halides is 1. The predicted octanol–water partition coefficient (Wildman–Crippen LogP) is 1.55. The van der Waals surface area contributed by atoms with Crippen molar-refractivity contribution in [2.75, 3.05) is 11.2 Å². The van der Waals surface area contributed by atoms with E-state index in [1.165, 1.54) is 16.8 Å². The van der Waals surface area contributed by atoms with Crippen molar-refractivity contribution in [2.24, 2.45) is 7.05 Å². The summed E-state index contributed by atoms with van der Waals surface area (Å²) in [5.74, 6) is -0.0188. The quantitative estimate of drug-likeness (QED) is 0.508. The third kappa shape index (κ3) is 2.94. The zero-order valence-electron chi connectivity index (χ0n) is 10.4. The smallest absolute Gasteiger partial charge is 0.397 e. The van der Waals surface area contributed by atoms with Crippen molar-refractivity contribution >= 4 is 29.3 Å². The second kappa shape index (κ2) is 5.70. The van der Waals surface area contributed by atoms with Gasteiger partial charge in [-0.05, 0) is 6.07 Å². The molecule has 0 aromatic carbocycles. The molecule has 9 nitrogen and oxygen atoms in total. The molecular weight excluding hydrogens is 290 g/mol. The molecule has 0 radical (unpaired) electrons. The van der Waals surface area contributed by atoms with Crippen LogP contribution in [0.1, 0.15) is 6.42 Å².